The van der Waals surface area contributed by atoms with Crippen LogP contribution in [0.25, 0.3) is 0 Å². The molecule has 24 heavy (non-hydrogen) atoms. The van der Waals surface area contributed by atoms with Crippen molar-refractivity contribution in [3.63, 3.8) is 0 Å². The standard InChI is InChI=1S/C17H18F2N2O3/c18-12-6-1-9(7-13(12)19)14(22)8-21-15(23)17(10-2-3-10,11-4-5-11)20-16(21)24/h1,6-7,10-11,14,22H,2-5,8H2,(H,20,24). The summed E-state index contributed by atoms with van der Waals surface area (Å²) in [6.45, 7) is -0.267. The fourth-order valence-electron chi connectivity index (χ4n) is 3.74. The van der Waals surface area contributed by atoms with Gasteiger partial charge in [-0.2, -0.15) is 0 Å². The van der Waals surface area contributed by atoms with Crippen LogP contribution in [0, 0.1) is 23.5 Å². The van der Waals surface area contributed by atoms with Crippen molar-refractivity contribution in [3.05, 3.63) is 35.4 Å². The van der Waals surface area contributed by atoms with Gasteiger partial charge in [-0.1, -0.05) is 6.07 Å². The van der Waals surface area contributed by atoms with E-state index in [0.717, 1.165) is 42.7 Å². The van der Waals surface area contributed by atoms with Gasteiger partial charge in [0.25, 0.3) is 5.91 Å². The summed E-state index contributed by atoms with van der Waals surface area (Å²) in [5.74, 6) is -2.03. The molecule has 1 saturated heterocycles. The highest BCUT2D eigenvalue weighted by Gasteiger charge is 2.65. The van der Waals surface area contributed by atoms with Crippen LogP contribution in [-0.2, 0) is 4.79 Å². The highest BCUT2D eigenvalue weighted by molar-refractivity contribution is 6.08. The third kappa shape index (κ3) is 2.30. The number of carbonyl (C=O) groups excluding carboxylic acids is 2. The number of β-amino-alcohol motifs (C(OH)–C–C–N with tert-alkyl or cyclic N) is 1. The molecule has 0 radical (unpaired) electrons. The predicted octanol–water partition coefficient (Wildman–Crippen LogP) is 2.11. The molecule has 1 unspecified atom stereocenters. The van der Waals surface area contributed by atoms with Crippen molar-refractivity contribution in [1.29, 1.82) is 0 Å². The SMILES string of the molecule is O=C1NC(C2CC2)(C2CC2)C(=O)N1CC(O)c1ccc(F)c(F)c1. The van der Waals surface area contributed by atoms with Crippen LogP contribution in [0.15, 0.2) is 18.2 Å². The monoisotopic (exact) mass is 336 g/mol. The number of halogens is 2. The molecule has 2 saturated carbocycles. The van der Waals surface area contributed by atoms with Crippen LogP contribution in [-0.4, -0.2) is 34.0 Å². The summed E-state index contributed by atoms with van der Waals surface area (Å²) in [4.78, 5) is 26.2. The van der Waals surface area contributed by atoms with Crippen molar-refractivity contribution >= 4 is 11.9 Å². The van der Waals surface area contributed by atoms with Crippen molar-refractivity contribution in [2.75, 3.05) is 6.54 Å². The molecule has 1 heterocycles. The summed E-state index contributed by atoms with van der Waals surface area (Å²) in [7, 11) is 0. The van der Waals surface area contributed by atoms with Crippen LogP contribution in [0.1, 0.15) is 37.4 Å². The Balaban J connectivity index is 1.54. The van der Waals surface area contributed by atoms with E-state index >= 15 is 0 Å². The first-order valence-corrected chi connectivity index (χ1v) is 8.20. The second-order valence-corrected chi connectivity index (χ2v) is 6.95. The first kappa shape index (κ1) is 15.5. The van der Waals surface area contributed by atoms with E-state index < -0.39 is 29.3 Å². The Morgan fingerprint density at radius 2 is 1.79 bits per heavy atom. The van der Waals surface area contributed by atoms with E-state index in [1.165, 1.54) is 6.07 Å². The van der Waals surface area contributed by atoms with Gasteiger partial charge in [0.05, 0.1) is 12.6 Å². The third-order valence-electron chi connectivity index (χ3n) is 5.28. The van der Waals surface area contributed by atoms with Crippen LogP contribution in [0.2, 0.25) is 0 Å². The fourth-order valence-corrected chi connectivity index (χ4v) is 3.74. The number of nitrogens with one attached hydrogen (secondary N) is 1. The second kappa shape index (κ2) is 5.24. The van der Waals surface area contributed by atoms with Gasteiger partial charge in [-0.05, 0) is 55.2 Å². The summed E-state index contributed by atoms with van der Waals surface area (Å²) in [5.41, 5.74) is -0.685. The highest BCUT2D eigenvalue weighted by atomic mass is 19.2. The van der Waals surface area contributed by atoms with E-state index in [0.29, 0.717) is 0 Å². The molecule has 1 aromatic rings. The number of rotatable bonds is 5. The molecular weight excluding hydrogens is 318 g/mol. The Kier molecular flexibility index (Phi) is 3.38. The maximum absolute atomic E-state index is 13.3. The Bertz CT molecular complexity index is 704. The van der Waals surface area contributed by atoms with Gasteiger partial charge in [-0.3, -0.25) is 9.69 Å². The average Bonchev–Trinajstić information content (AvgIpc) is 3.44. The number of imide groups is 1. The molecule has 4 rings (SSSR count). The molecule has 0 aromatic heterocycles. The summed E-state index contributed by atoms with van der Waals surface area (Å²) < 4.78 is 26.3. The topological polar surface area (TPSA) is 69.6 Å². The Morgan fingerprint density at radius 3 is 2.33 bits per heavy atom. The average molecular weight is 336 g/mol. The number of carbonyl (C=O) groups is 2. The van der Waals surface area contributed by atoms with Crippen molar-refractivity contribution in [2.24, 2.45) is 11.8 Å². The zero-order valence-corrected chi connectivity index (χ0v) is 13.0. The van der Waals surface area contributed by atoms with Gasteiger partial charge in [-0.25, -0.2) is 13.6 Å². The number of nitrogens with zero attached hydrogens (tertiary/aromatic N) is 1. The molecule has 1 aliphatic heterocycles. The molecular formula is C17H18F2N2O3. The number of urea groups is 1. The van der Waals surface area contributed by atoms with E-state index in [4.69, 9.17) is 0 Å². The van der Waals surface area contributed by atoms with Crippen molar-refractivity contribution < 1.29 is 23.5 Å². The lowest BCUT2D eigenvalue weighted by Crippen LogP contribution is -2.51. The van der Waals surface area contributed by atoms with Gasteiger partial charge in [0.1, 0.15) is 5.54 Å². The molecule has 2 aliphatic carbocycles. The molecule has 1 aromatic carbocycles. The molecule has 3 amide bonds. The Morgan fingerprint density at radius 1 is 1.17 bits per heavy atom. The maximum atomic E-state index is 13.3. The van der Waals surface area contributed by atoms with Crippen LogP contribution in [0.3, 0.4) is 0 Å². The molecule has 0 bridgehead atoms. The number of aliphatic hydroxyl groups is 1. The van der Waals surface area contributed by atoms with Crippen LogP contribution in [0.4, 0.5) is 13.6 Å². The van der Waals surface area contributed by atoms with E-state index in [9.17, 15) is 23.5 Å². The van der Waals surface area contributed by atoms with Crippen molar-refractivity contribution in [3.8, 4) is 0 Å². The van der Waals surface area contributed by atoms with Gasteiger partial charge in [0.2, 0.25) is 0 Å². The number of benzene rings is 1. The minimum Gasteiger partial charge on any atom is -0.387 e. The van der Waals surface area contributed by atoms with Crippen LogP contribution in [0.5, 0.6) is 0 Å². The number of hydrogen-bond acceptors (Lipinski definition) is 3. The second-order valence-electron chi connectivity index (χ2n) is 6.95. The van der Waals surface area contributed by atoms with E-state index in [1.54, 1.807) is 0 Å². The van der Waals surface area contributed by atoms with Gasteiger partial charge in [0.15, 0.2) is 11.6 Å². The molecule has 0 spiro atoms. The van der Waals surface area contributed by atoms with Crippen molar-refractivity contribution in [1.82, 2.24) is 10.2 Å². The van der Waals surface area contributed by atoms with Gasteiger partial charge >= 0.3 is 6.03 Å². The fraction of sp³-hybridized carbons (Fsp3) is 0.529. The molecule has 3 fully saturated rings. The highest BCUT2D eigenvalue weighted by Crippen LogP contribution is 2.54. The number of aliphatic hydroxyl groups excluding tert-OH is 1. The van der Waals surface area contributed by atoms with Crippen LogP contribution < -0.4 is 5.32 Å². The lowest BCUT2D eigenvalue weighted by Gasteiger charge is -2.27. The minimum absolute atomic E-state index is 0.129. The first-order valence-electron chi connectivity index (χ1n) is 8.20. The first-order chi connectivity index (χ1) is 11.4. The van der Waals surface area contributed by atoms with Crippen LogP contribution >= 0.6 is 0 Å². The molecule has 128 valence electrons. The van der Waals surface area contributed by atoms with E-state index in [-0.39, 0.29) is 29.9 Å². The largest absolute Gasteiger partial charge is 0.387 e. The minimum atomic E-state index is -1.26. The molecule has 5 nitrogen and oxygen atoms in total. The summed E-state index contributed by atoms with van der Waals surface area (Å²) in [6, 6.07) is 2.53. The normalized spacial score (nSPS) is 24.2. The number of hydrogen-bond donors (Lipinski definition) is 2. The zero-order chi connectivity index (χ0) is 17.1. The molecule has 3 aliphatic rings. The Labute approximate surface area is 137 Å². The smallest absolute Gasteiger partial charge is 0.325 e. The van der Waals surface area contributed by atoms with E-state index in [1.807, 2.05) is 0 Å². The molecule has 1 atom stereocenters. The quantitative estimate of drug-likeness (QED) is 0.809. The van der Waals surface area contributed by atoms with Gasteiger partial charge in [-0.15, -0.1) is 0 Å². The summed E-state index contributed by atoms with van der Waals surface area (Å²) in [6.07, 6.45) is 2.41. The zero-order valence-electron chi connectivity index (χ0n) is 13.0. The lowest BCUT2D eigenvalue weighted by molar-refractivity contribution is -0.133. The maximum Gasteiger partial charge on any atom is 0.325 e. The third-order valence-corrected chi connectivity index (χ3v) is 5.28. The predicted molar refractivity (Wildman–Crippen MR) is 79.7 cm³/mol. The van der Waals surface area contributed by atoms with Crippen molar-refractivity contribution in [2.45, 2.75) is 37.3 Å². The van der Waals surface area contributed by atoms with Gasteiger partial charge in [0, 0.05) is 0 Å². The molecule has 7 heteroatoms. The summed E-state index contributed by atoms with van der Waals surface area (Å²) >= 11 is 0. The Hall–Kier alpha value is -2.02. The van der Waals surface area contributed by atoms with Gasteiger partial charge < -0.3 is 10.4 Å². The molecule has 2 N–H and O–H groups in total. The number of amides is 3. The lowest BCUT2D eigenvalue weighted by atomic mass is 9.87. The summed E-state index contributed by atoms with van der Waals surface area (Å²) in [5, 5.41) is 13.1. The van der Waals surface area contributed by atoms with E-state index in [2.05, 4.69) is 5.32 Å².